The second-order valence-electron chi connectivity index (χ2n) is 9.17. The van der Waals surface area contributed by atoms with Gasteiger partial charge in [-0.15, -0.1) is 0 Å². The van der Waals surface area contributed by atoms with Crippen molar-refractivity contribution in [2.75, 3.05) is 18.9 Å². The van der Waals surface area contributed by atoms with Gasteiger partial charge in [-0.3, -0.25) is 9.67 Å². The number of hydrogen-bond acceptors (Lipinski definition) is 9. The molecule has 0 aromatic carbocycles. The van der Waals surface area contributed by atoms with E-state index in [4.69, 9.17) is 20.0 Å². The first-order chi connectivity index (χ1) is 17.1. The molecule has 4 aromatic heterocycles. The van der Waals surface area contributed by atoms with Crippen LogP contribution in [0.15, 0.2) is 47.6 Å². The van der Waals surface area contributed by atoms with Crippen molar-refractivity contribution in [2.24, 2.45) is 0 Å². The predicted molar refractivity (Wildman–Crippen MR) is 130 cm³/mol. The lowest BCUT2D eigenvalue weighted by molar-refractivity contribution is 0.0662. The monoisotopic (exact) mass is 474 g/mol. The van der Waals surface area contributed by atoms with Gasteiger partial charge >= 0.3 is 0 Å². The molecule has 10 heteroatoms. The van der Waals surface area contributed by atoms with Crippen molar-refractivity contribution in [1.29, 1.82) is 0 Å². The van der Waals surface area contributed by atoms with E-state index in [1.807, 2.05) is 23.1 Å². The highest BCUT2D eigenvalue weighted by Crippen LogP contribution is 2.36. The molecule has 5 heterocycles. The zero-order chi connectivity index (χ0) is 24.3. The van der Waals surface area contributed by atoms with Crippen molar-refractivity contribution in [3.8, 4) is 22.8 Å². The highest BCUT2D eigenvalue weighted by Gasteiger charge is 2.34. The molecule has 182 valence electrons. The van der Waals surface area contributed by atoms with Gasteiger partial charge in [0.25, 0.3) is 5.89 Å². The summed E-state index contributed by atoms with van der Waals surface area (Å²) in [7, 11) is 0. The minimum absolute atomic E-state index is 0.338. The van der Waals surface area contributed by atoms with Crippen LogP contribution in [-0.2, 0) is 10.2 Å². The number of rotatable bonds is 8. The Balaban J connectivity index is 1.41. The minimum Gasteiger partial charge on any atom is -0.382 e. The predicted octanol–water partition coefficient (Wildman–Crippen LogP) is 4.22. The van der Waals surface area contributed by atoms with E-state index in [0.29, 0.717) is 29.3 Å². The van der Waals surface area contributed by atoms with E-state index in [2.05, 4.69) is 45.1 Å². The van der Waals surface area contributed by atoms with Gasteiger partial charge in [-0.1, -0.05) is 31.0 Å². The Hall–Kier alpha value is -3.66. The quantitative estimate of drug-likeness (QED) is 0.399. The molecule has 4 aromatic rings. The van der Waals surface area contributed by atoms with Crippen LogP contribution in [0.4, 0.5) is 5.82 Å². The number of nitrogens with zero attached hydrogens (tertiary/aromatic N) is 7. The summed E-state index contributed by atoms with van der Waals surface area (Å²) in [5.41, 5.74) is 8.44. The van der Waals surface area contributed by atoms with Gasteiger partial charge in [0.05, 0.1) is 41.3 Å². The summed E-state index contributed by atoms with van der Waals surface area (Å²) in [4.78, 5) is 17.9. The fourth-order valence-corrected chi connectivity index (χ4v) is 4.42. The first kappa shape index (κ1) is 23.1. The number of anilines is 1. The molecule has 0 radical (unpaired) electrons. The van der Waals surface area contributed by atoms with Crippen molar-refractivity contribution in [3.05, 3.63) is 54.5 Å². The summed E-state index contributed by atoms with van der Waals surface area (Å²) < 4.78 is 13.2. The summed E-state index contributed by atoms with van der Waals surface area (Å²) >= 11 is 0. The molecular formula is C25H30N8O2. The summed E-state index contributed by atoms with van der Waals surface area (Å²) in [6.07, 6.45) is 13.7. The van der Waals surface area contributed by atoms with Gasteiger partial charge in [0.15, 0.2) is 5.82 Å². The van der Waals surface area contributed by atoms with Crippen molar-refractivity contribution < 1.29 is 9.26 Å². The van der Waals surface area contributed by atoms with E-state index >= 15 is 0 Å². The summed E-state index contributed by atoms with van der Waals surface area (Å²) in [6, 6.07) is 4.33. The van der Waals surface area contributed by atoms with Gasteiger partial charge in [-0.2, -0.15) is 10.1 Å². The van der Waals surface area contributed by atoms with Crippen LogP contribution in [0.3, 0.4) is 0 Å². The molecule has 2 N–H and O–H groups in total. The van der Waals surface area contributed by atoms with Gasteiger partial charge in [-0.05, 0) is 37.8 Å². The molecule has 35 heavy (non-hydrogen) atoms. The van der Waals surface area contributed by atoms with Gasteiger partial charge in [0.1, 0.15) is 11.5 Å². The zero-order valence-electron chi connectivity index (χ0n) is 20.1. The van der Waals surface area contributed by atoms with Gasteiger partial charge in [-0.25, -0.2) is 9.97 Å². The van der Waals surface area contributed by atoms with Crippen molar-refractivity contribution in [1.82, 2.24) is 34.9 Å². The number of nitrogens with two attached hydrogens (primary N) is 1. The molecule has 0 amide bonds. The maximum atomic E-state index is 5.71. The van der Waals surface area contributed by atoms with Crippen LogP contribution in [0, 0.1) is 0 Å². The summed E-state index contributed by atoms with van der Waals surface area (Å²) in [5, 5.41) is 8.94. The second-order valence-corrected chi connectivity index (χ2v) is 9.17. The van der Waals surface area contributed by atoms with Crippen LogP contribution in [0.2, 0.25) is 0 Å². The molecule has 0 spiro atoms. The number of aromatic nitrogens is 7. The molecule has 10 nitrogen and oxygen atoms in total. The summed E-state index contributed by atoms with van der Waals surface area (Å²) in [5.74, 6) is 1.49. The molecule has 1 atom stereocenters. The van der Waals surface area contributed by atoms with Crippen molar-refractivity contribution in [2.45, 2.75) is 57.4 Å². The van der Waals surface area contributed by atoms with E-state index in [0.717, 1.165) is 62.1 Å². The normalized spacial score (nSPS) is 16.3. The van der Waals surface area contributed by atoms with E-state index in [9.17, 15) is 0 Å². The number of ether oxygens (including phenoxy) is 1. The first-order valence-electron chi connectivity index (χ1n) is 12.1. The van der Waals surface area contributed by atoms with E-state index in [-0.39, 0.29) is 0 Å². The van der Waals surface area contributed by atoms with Crippen LogP contribution in [0.25, 0.3) is 22.8 Å². The van der Waals surface area contributed by atoms with Gasteiger partial charge in [0.2, 0.25) is 0 Å². The molecule has 0 aliphatic carbocycles. The molecule has 5 rings (SSSR count). The second kappa shape index (κ2) is 9.91. The molecule has 0 unspecified atom stereocenters. The molecule has 0 bridgehead atoms. The topological polar surface area (TPSA) is 131 Å². The van der Waals surface area contributed by atoms with E-state index < -0.39 is 5.41 Å². The molecule has 1 saturated heterocycles. The third-order valence-corrected chi connectivity index (χ3v) is 6.70. The van der Waals surface area contributed by atoms with Crippen LogP contribution in [-0.4, -0.2) is 48.1 Å². The fourth-order valence-electron chi connectivity index (χ4n) is 4.42. The van der Waals surface area contributed by atoms with E-state index in [1.165, 1.54) is 6.20 Å². The third-order valence-electron chi connectivity index (χ3n) is 6.70. The Labute approximate surface area is 204 Å². The van der Waals surface area contributed by atoms with Gasteiger partial charge in [0, 0.05) is 25.6 Å². The van der Waals surface area contributed by atoms with Crippen LogP contribution in [0.1, 0.15) is 63.4 Å². The lowest BCUT2D eigenvalue weighted by atomic mass is 9.78. The largest absolute Gasteiger partial charge is 0.382 e. The Morgan fingerprint density at radius 3 is 2.60 bits per heavy atom. The Morgan fingerprint density at radius 1 is 1.06 bits per heavy atom. The standard InChI is InChI=1S/C25H30N8O2/c1-3-4-9-25(2,18-5-6-20(27-13-18)21-14-29-22(26)15-28-21)24-31-23(35-32-24)17-12-30-33(16-17)19-7-10-34-11-8-19/h5-6,12-16,19H,3-4,7-11H2,1-2H3,(H2,26,29)/t25-/m1/s1. The minimum atomic E-state index is -0.452. The average molecular weight is 475 g/mol. The SMILES string of the molecule is CCCC[C@](C)(c1ccc(-c2cnc(N)cn2)nc1)c1noc(-c2cnn(C3CCOCC3)c2)n1. The molecule has 1 aliphatic rings. The molecule has 1 fully saturated rings. The Kier molecular flexibility index (Phi) is 6.54. The molecule has 0 saturated carbocycles. The van der Waals surface area contributed by atoms with Crippen LogP contribution in [0.5, 0.6) is 0 Å². The number of hydrogen-bond donors (Lipinski definition) is 1. The number of nitrogen functional groups attached to an aromatic ring is 1. The lowest BCUT2D eigenvalue weighted by Crippen LogP contribution is -2.25. The number of unbranched alkanes of at least 4 members (excludes halogenated alkanes) is 1. The maximum absolute atomic E-state index is 5.71. The maximum Gasteiger partial charge on any atom is 0.261 e. The van der Waals surface area contributed by atoms with Gasteiger partial charge < -0.3 is 15.0 Å². The highest BCUT2D eigenvalue weighted by molar-refractivity contribution is 5.54. The smallest absolute Gasteiger partial charge is 0.261 e. The lowest BCUT2D eigenvalue weighted by Gasteiger charge is -2.26. The van der Waals surface area contributed by atoms with Crippen molar-refractivity contribution in [3.63, 3.8) is 0 Å². The Bertz CT molecular complexity index is 1250. The van der Waals surface area contributed by atoms with E-state index in [1.54, 1.807) is 12.4 Å². The molecular weight excluding hydrogens is 444 g/mol. The van der Waals surface area contributed by atoms with Crippen LogP contribution >= 0.6 is 0 Å². The number of pyridine rings is 1. The first-order valence-corrected chi connectivity index (χ1v) is 12.1. The van der Waals surface area contributed by atoms with Crippen LogP contribution < -0.4 is 5.73 Å². The third kappa shape index (κ3) is 4.79. The average Bonchev–Trinajstić information content (AvgIpc) is 3.59. The Morgan fingerprint density at radius 2 is 1.89 bits per heavy atom. The molecule has 1 aliphatic heterocycles. The summed E-state index contributed by atoms with van der Waals surface area (Å²) in [6.45, 7) is 5.84. The highest BCUT2D eigenvalue weighted by atomic mass is 16.5. The fraction of sp³-hybridized carbons (Fsp3) is 0.440. The zero-order valence-corrected chi connectivity index (χ0v) is 20.1. The van der Waals surface area contributed by atoms with Crippen molar-refractivity contribution >= 4 is 5.82 Å².